The minimum atomic E-state index is -0.712. The number of carboxylic acid groups (broad SMARTS) is 1. The average Bonchev–Trinajstić information content (AvgIpc) is 2.09. The highest BCUT2D eigenvalue weighted by molar-refractivity contribution is 5.75. The van der Waals surface area contributed by atoms with E-state index in [0.29, 0.717) is 0 Å². The summed E-state index contributed by atoms with van der Waals surface area (Å²) in [5, 5.41) is 9.29. The van der Waals surface area contributed by atoms with Crippen molar-refractivity contribution in [3.05, 3.63) is 0 Å². The molecule has 0 aromatic carbocycles. The van der Waals surface area contributed by atoms with Crippen LogP contribution in [0.2, 0.25) is 0 Å². The molecule has 3 heteroatoms. The molecule has 1 rings (SSSR count). The lowest BCUT2D eigenvalue weighted by Gasteiger charge is -2.54. The van der Waals surface area contributed by atoms with Gasteiger partial charge in [0.05, 0.1) is 5.41 Å². The average molecular weight is 227 g/mol. The van der Waals surface area contributed by atoms with E-state index in [2.05, 4.69) is 11.8 Å². The Hall–Kier alpha value is -0.570. The van der Waals surface area contributed by atoms with E-state index in [9.17, 15) is 9.90 Å². The molecular formula is C13H25NO2. The van der Waals surface area contributed by atoms with Crippen molar-refractivity contribution in [2.45, 2.75) is 53.0 Å². The fourth-order valence-electron chi connectivity index (χ4n) is 2.27. The fraction of sp³-hybridized carbons (Fsp3) is 0.923. The maximum Gasteiger partial charge on any atom is 0.310 e. The Morgan fingerprint density at radius 1 is 1.31 bits per heavy atom. The van der Waals surface area contributed by atoms with Crippen LogP contribution < -0.4 is 0 Å². The first-order valence-electron chi connectivity index (χ1n) is 6.22. The normalized spacial score (nSPS) is 19.6. The van der Waals surface area contributed by atoms with Crippen molar-refractivity contribution in [3.8, 4) is 0 Å². The van der Waals surface area contributed by atoms with Crippen LogP contribution in [0, 0.1) is 11.3 Å². The molecule has 94 valence electrons. The molecule has 16 heavy (non-hydrogen) atoms. The second-order valence-corrected chi connectivity index (χ2v) is 6.05. The molecule has 0 aromatic heterocycles. The molecule has 0 aromatic rings. The molecule has 0 saturated carbocycles. The number of likely N-dealkylation sites (tertiary alicyclic amines) is 1. The monoisotopic (exact) mass is 227 g/mol. The summed E-state index contributed by atoms with van der Waals surface area (Å²) in [6.45, 7) is 12.0. The zero-order valence-electron chi connectivity index (χ0n) is 11.2. The Morgan fingerprint density at radius 3 is 2.19 bits per heavy atom. The van der Waals surface area contributed by atoms with Gasteiger partial charge in [0, 0.05) is 18.6 Å². The van der Waals surface area contributed by atoms with E-state index in [1.165, 1.54) is 12.8 Å². The van der Waals surface area contributed by atoms with Crippen molar-refractivity contribution in [1.29, 1.82) is 0 Å². The van der Waals surface area contributed by atoms with Crippen molar-refractivity contribution in [2.24, 2.45) is 11.3 Å². The molecule has 1 N–H and O–H groups in total. The van der Waals surface area contributed by atoms with Crippen LogP contribution in [-0.2, 0) is 4.79 Å². The van der Waals surface area contributed by atoms with Gasteiger partial charge in [0.1, 0.15) is 0 Å². The Labute approximate surface area is 98.8 Å². The van der Waals surface area contributed by atoms with Crippen LogP contribution in [0.5, 0.6) is 0 Å². The van der Waals surface area contributed by atoms with E-state index in [1.54, 1.807) is 0 Å². The Morgan fingerprint density at radius 2 is 1.81 bits per heavy atom. The number of carboxylic acids is 1. The van der Waals surface area contributed by atoms with E-state index in [1.807, 2.05) is 27.7 Å². The Bertz CT molecular complexity index is 265. The van der Waals surface area contributed by atoms with Crippen LogP contribution >= 0.6 is 0 Å². The maximum absolute atomic E-state index is 11.3. The van der Waals surface area contributed by atoms with Gasteiger partial charge in [0.2, 0.25) is 0 Å². The molecule has 1 saturated heterocycles. The van der Waals surface area contributed by atoms with Gasteiger partial charge >= 0.3 is 5.97 Å². The second-order valence-electron chi connectivity index (χ2n) is 6.05. The molecule has 0 radical (unpaired) electrons. The van der Waals surface area contributed by atoms with Gasteiger partial charge < -0.3 is 5.11 Å². The second kappa shape index (κ2) is 4.36. The topological polar surface area (TPSA) is 40.5 Å². The van der Waals surface area contributed by atoms with Crippen molar-refractivity contribution >= 4 is 5.97 Å². The highest BCUT2D eigenvalue weighted by atomic mass is 16.4. The highest BCUT2D eigenvalue weighted by Gasteiger charge is 2.50. The number of aliphatic carboxylic acids is 1. The van der Waals surface area contributed by atoms with Crippen LogP contribution in [0.3, 0.4) is 0 Å². The largest absolute Gasteiger partial charge is 0.481 e. The van der Waals surface area contributed by atoms with Gasteiger partial charge in [0.25, 0.3) is 0 Å². The lowest BCUT2D eigenvalue weighted by atomic mass is 9.71. The van der Waals surface area contributed by atoms with Gasteiger partial charge in [0.15, 0.2) is 0 Å². The summed E-state index contributed by atoms with van der Waals surface area (Å²) >= 11 is 0. The fourth-order valence-corrected chi connectivity index (χ4v) is 2.27. The number of nitrogens with zero attached hydrogens (tertiary/aromatic N) is 1. The van der Waals surface area contributed by atoms with Crippen LogP contribution in [-0.4, -0.2) is 34.6 Å². The standard InChI is InChI=1S/C13H25NO2/c1-6-7-10-8-14(9-10)13(4,5)12(2,3)11(15)16/h10H,6-9H2,1-5H3,(H,15,16). The summed E-state index contributed by atoms with van der Waals surface area (Å²) in [5.74, 6) is 0.0605. The van der Waals surface area contributed by atoms with Gasteiger partial charge in [-0.3, -0.25) is 9.69 Å². The molecule has 0 spiro atoms. The van der Waals surface area contributed by atoms with Gasteiger partial charge in [-0.05, 0) is 40.0 Å². The van der Waals surface area contributed by atoms with E-state index in [4.69, 9.17) is 0 Å². The van der Waals surface area contributed by atoms with Gasteiger partial charge in [-0.15, -0.1) is 0 Å². The first-order chi connectivity index (χ1) is 7.23. The SMILES string of the molecule is CCCC1CN(C(C)(C)C(C)(C)C(=O)O)C1. The Kier molecular flexibility index (Phi) is 3.68. The summed E-state index contributed by atoms with van der Waals surface area (Å²) in [6, 6.07) is 0. The van der Waals surface area contributed by atoms with Gasteiger partial charge in [-0.1, -0.05) is 13.3 Å². The summed E-state index contributed by atoms with van der Waals surface area (Å²) in [6.07, 6.45) is 2.49. The molecule has 0 unspecified atom stereocenters. The number of hydrogen-bond acceptors (Lipinski definition) is 2. The predicted octanol–water partition coefficient (Wildman–Crippen LogP) is 2.61. The summed E-state index contributed by atoms with van der Waals surface area (Å²) in [5.41, 5.74) is -0.979. The zero-order chi connectivity index (χ0) is 12.6. The molecular weight excluding hydrogens is 202 g/mol. The number of hydrogen-bond donors (Lipinski definition) is 1. The van der Waals surface area contributed by atoms with Crippen LogP contribution in [0.25, 0.3) is 0 Å². The van der Waals surface area contributed by atoms with Crippen LogP contribution in [0.4, 0.5) is 0 Å². The van der Waals surface area contributed by atoms with Crippen LogP contribution in [0.15, 0.2) is 0 Å². The first-order valence-corrected chi connectivity index (χ1v) is 6.22. The van der Waals surface area contributed by atoms with Gasteiger partial charge in [-0.25, -0.2) is 0 Å². The van der Waals surface area contributed by atoms with E-state index >= 15 is 0 Å². The molecule has 1 aliphatic rings. The molecule has 0 amide bonds. The molecule has 0 atom stereocenters. The smallest absolute Gasteiger partial charge is 0.310 e. The summed E-state index contributed by atoms with van der Waals surface area (Å²) < 4.78 is 0. The molecule has 0 bridgehead atoms. The predicted molar refractivity (Wildman–Crippen MR) is 65.5 cm³/mol. The van der Waals surface area contributed by atoms with E-state index in [0.717, 1.165) is 19.0 Å². The van der Waals surface area contributed by atoms with E-state index < -0.39 is 11.4 Å². The van der Waals surface area contributed by atoms with Crippen molar-refractivity contribution < 1.29 is 9.90 Å². The van der Waals surface area contributed by atoms with Crippen molar-refractivity contribution in [3.63, 3.8) is 0 Å². The third-order valence-electron chi connectivity index (χ3n) is 4.51. The molecule has 1 aliphatic heterocycles. The van der Waals surface area contributed by atoms with Crippen molar-refractivity contribution in [1.82, 2.24) is 4.90 Å². The lowest BCUT2D eigenvalue weighted by molar-refractivity contribution is -0.160. The van der Waals surface area contributed by atoms with Gasteiger partial charge in [-0.2, -0.15) is 0 Å². The lowest BCUT2D eigenvalue weighted by Crippen LogP contribution is -2.64. The van der Waals surface area contributed by atoms with Crippen LogP contribution in [0.1, 0.15) is 47.5 Å². The van der Waals surface area contributed by atoms with E-state index in [-0.39, 0.29) is 5.54 Å². The highest BCUT2D eigenvalue weighted by Crippen LogP contribution is 2.40. The summed E-state index contributed by atoms with van der Waals surface area (Å²) in [7, 11) is 0. The molecule has 3 nitrogen and oxygen atoms in total. The minimum Gasteiger partial charge on any atom is -0.481 e. The molecule has 1 heterocycles. The first kappa shape index (κ1) is 13.5. The summed E-state index contributed by atoms with van der Waals surface area (Å²) in [4.78, 5) is 13.6. The number of carbonyl (C=O) groups is 1. The Balaban J connectivity index is 2.63. The molecule has 1 fully saturated rings. The molecule has 0 aliphatic carbocycles. The number of rotatable bonds is 5. The maximum atomic E-state index is 11.3. The van der Waals surface area contributed by atoms with Crippen molar-refractivity contribution in [2.75, 3.05) is 13.1 Å². The minimum absolute atomic E-state index is 0.275. The third-order valence-corrected chi connectivity index (χ3v) is 4.51. The third kappa shape index (κ3) is 2.10. The zero-order valence-corrected chi connectivity index (χ0v) is 11.2. The quantitative estimate of drug-likeness (QED) is 0.785.